The molecule has 1 aromatic carbocycles. The molecule has 0 fully saturated rings. The maximum Gasteiger partial charge on any atom is 0.192 e. The quantitative estimate of drug-likeness (QED) is 0.672. The monoisotopic (exact) mass is 220 g/mol. The standard InChI is InChI=1S/C8H6Cl2OS/c1-11-8(12)6-3-2-5(9)4-7(6)10/h2-4H,1H3. The molecule has 0 radical (unpaired) electrons. The normalized spacial score (nSPS) is 9.58. The second-order valence-corrected chi connectivity index (χ2v) is 3.33. The second-order valence-electron chi connectivity index (χ2n) is 2.12. The number of hydrogen-bond donors (Lipinski definition) is 0. The Kier molecular flexibility index (Phi) is 3.32. The largest absolute Gasteiger partial charge is 0.486 e. The SMILES string of the molecule is COC(=S)c1ccc(Cl)cc1Cl. The smallest absolute Gasteiger partial charge is 0.192 e. The van der Waals surface area contributed by atoms with E-state index in [9.17, 15) is 0 Å². The van der Waals surface area contributed by atoms with Crippen molar-refractivity contribution in [1.82, 2.24) is 0 Å². The van der Waals surface area contributed by atoms with E-state index in [1.54, 1.807) is 18.2 Å². The first kappa shape index (κ1) is 9.78. The van der Waals surface area contributed by atoms with Crippen molar-refractivity contribution in [2.75, 3.05) is 7.11 Å². The van der Waals surface area contributed by atoms with Crippen molar-refractivity contribution in [3.63, 3.8) is 0 Å². The van der Waals surface area contributed by atoms with E-state index in [4.69, 9.17) is 40.2 Å². The van der Waals surface area contributed by atoms with Crippen LogP contribution in [0.3, 0.4) is 0 Å². The molecular formula is C8H6Cl2OS. The molecule has 1 rings (SSSR count). The van der Waals surface area contributed by atoms with Crippen molar-refractivity contribution in [3.8, 4) is 0 Å². The van der Waals surface area contributed by atoms with Gasteiger partial charge in [0.05, 0.1) is 12.1 Å². The van der Waals surface area contributed by atoms with Crippen LogP contribution in [0.4, 0.5) is 0 Å². The first-order valence-corrected chi connectivity index (χ1v) is 4.35. The van der Waals surface area contributed by atoms with Gasteiger partial charge in [-0.15, -0.1) is 0 Å². The lowest BCUT2D eigenvalue weighted by atomic mass is 10.2. The van der Waals surface area contributed by atoms with Crippen LogP contribution >= 0.6 is 35.4 Å². The van der Waals surface area contributed by atoms with Gasteiger partial charge >= 0.3 is 0 Å². The first-order valence-electron chi connectivity index (χ1n) is 3.18. The summed E-state index contributed by atoms with van der Waals surface area (Å²) in [5, 5.41) is 1.47. The lowest BCUT2D eigenvalue weighted by molar-refractivity contribution is 0.416. The van der Waals surface area contributed by atoms with Crippen LogP contribution in [0.5, 0.6) is 0 Å². The minimum Gasteiger partial charge on any atom is -0.486 e. The zero-order valence-electron chi connectivity index (χ0n) is 6.30. The zero-order chi connectivity index (χ0) is 9.14. The Hall–Kier alpha value is -0.310. The molecule has 1 aromatic rings. The summed E-state index contributed by atoms with van der Waals surface area (Å²) in [4.78, 5) is 0. The van der Waals surface area contributed by atoms with E-state index >= 15 is 0 Å². The summed E-state index contributed by atoms with van der Waals surface area (Å²) in [6.45, 7) is 0. The van der Waals surface area contributed by atoms with Crippen LogP contribution in [-0.2, 0) is 4.74 Å². The van der Waals surface area contributed by atoms with E-state index < -0.39 is 0 Å². The Labute approximate surface area is 86.2 Å². The molecule has 0 aromatic heterocycles. The van der Waals surface area contributed by atoms with E-state index in [2.05, 4.69) is 0 Å². The number of hydrogen-bond acceptors (Lipinski definition) is 2. The fourth-order valence-corrected chi connectivity index (χ4v) is 1.49. The third-order valence-corrected chi connectivity index (χ3v) is 2.27. The molecule has 0 atom stereocenters. The van der Waals surface area contributed by atoms with Crippen LogP contribution in [0.25, 0.3) is 0 Å². The average Bonchev–Trinajstić information content (AvgIpc) is 2.03. The lowest BCUT2D eigenvalue weighted by Gasteiger charge is -2.04. The summed E-state index contributed by atoms with van der Waals surface area (Å²) < 4.78 is 4.86. The number of thiocarbonyl (C=S) groups is 1. The molecule has 0 saturated heterocycles. The molecule has 64 valence electrons. The van der Waals surface area contributed by atoms with Crippen molar-refractivity contribution < 1.29 is 4.74 Å². The van der Waals surface area contributed by atoms with Gasteiger partial charge in [-0.2, -0.15) is 0 Å². The molecule has 0 aliphatic heterocycles. The van der Waals surface area contributed by atoms with E-state index in [0.717, 1.165) is 0 Å². The van der Waals surface area contributed by atoms with E-state index in [1.807, 2.05) is 0 Å². The predicted molar refractivity (Wildman–Crippen MR) is 55.2 cm³/mol. The summed E-state index contributed by atoms with van der Waals surface area (Å²) >= 11 is 16.5. The van der Waals surface area contributed by atoms with Crippen LogP contribution in [-0.4, -0.2) is 12.2 Å². The molecule has 0 N–H and O–H groups in total. The van der Waals surface area contributed by atoms with Crippen LogP contribution in [0.2, 0.25) is 10.0 Å². The van der Waals surface area contributed by atoms with Crippen molar-refractivity contribution in [2.45, 2.75) is 0 Å². The molecule has 4 heteroatoms. The van der Waals surface area contributed by atoms with Gasteiger partial charge in [-0.25, -0.2) is 0 Å². The van der Waals surface area contributed by atoms with Gasteiger partial charge < -0.3 is 4.74 Å². The summed E-state index contributed by atoms with van der Waals surface area (Å²) in [5.74, 6) is 0. The zero-order valence-corrected chi connectivity index (χ0v) is 8.63. The van der Waals surface area contributed by atoms with Crippen molar-refractivity contribution >= 4 is 40.5 Å². The summed E-state index contributed by atoms with van der Waals surface area (Å²) in [6.07, 6.45) is 0. The molecule has 12 heavy (non-hydrogen) atoms. The molecule has 1 nitrogen and oxygen atoms in total. The maximum atomic E-state index is 5.85. The van der Waals surface area contributed by atoms with Crippen LogP contribution in [0.1, 0.15) is 5.56 Å². The Morgan fingerprint density at radius 2 is 2.08 bits per heavy atom. The van der Waals surface area contributed by atoms with Gasteiger partial charge in [-0.05, 0) is 30.4 Å². The van der Waals surface area contributed by atoms with Crippen LogP contribution < -0.4 is 0 Å². The number of ether oxygens (including phenoxy) is 1. The fraction of sp³-hybridized carbons (Fsp3) is 0.125. The Morgan fingerprint density at radius 3 is 2.58 bits per heavy atom. The number of halogens is 2. The van der Waals surface area contributed by atoms with Gasteiger partial charge in [-0.3, -0.25) is 0 Å². The highest BCUT2D eigenvalue weighted by atomic mass is 35.5. The Balaban J connectivity index is 3.09. The van der Waals surface area contributed by atoms with E-state index in [1.165, 1.54) is 7.11 Å². The highest BCUT2D eigenvalue weighted by Crippen LogP contribution is 2.21. The first-order chi connectivity index (χ1) is 5.65. The third-order valence-electron chi connectivity index (χ3n) is 1.34. The Morgan fingerprint density at radius 1 is 1.42 bits per heavy atom. The highest BCUT2D eigenvalue weighted by molar-refractivity contribution is 7.80. The molecular weight excluding hydrogens is 215 g/mol. The molecule has 0 spiro atoms. The second kappa shape index (κ2) is 4.08. The minimum absolute atomic E-state index is 0.372. The van der Waals surface area contributed by atoms with Crippen molar-refractivity contribution in [1.29, 1.82) is 0 Å². The predicted octanol–water partition coefficient (Wildman–Crippen LogP) is 3.32. The minimum atomic E-state index is 0.372. The molecule has 0 saturated carbocycles. The van der Waals surface area contributed by atoms with E-state index in [-0.39, 0.29) is 0 Å². The van der Waals surface area contributed by atoms with Gasteiger partial charge in [0.15, 0.2) is 5.05 Å². The lowest BCUT2D eigenvalue weighted by Crippen LogP contribution is -1.99. The molecule has 0 amide bonds. The number of benzene rings is 1. The Bertz CT molecular complexity index is 312. The van der Waals surface area contributed by atoms with Gasteiger partial charge in [0, 0.05) is 10.6 Å². The van der Waals surface area contributed by atoms with Crippen molar-refractivity contribution in [2.24, 2.45) is 0 Å². The van der Waals surface area contributed by atoms with Crippen LogP contribution in [0.15, 0.2) is 18.2 Å². The third kappa shape index (κ3) is 2.09. The molecule has 0 bridgehead atoms. The maximum absolute atomic E-state index is 5.85. The average molecular weight is 221 g/mol. The van der Waals surface area contributed by atoms with Gasteiger partial charge in [-0.1, -0.05) is 23.2 Å². The molecule has 0 unspecified atom stereocenters. The molecule has 0 aliphatic carbocycles. The number of rotatable bonds is 1. The highest BCUT2D eigenvalue weighted by Gasteiger charge is 2.05. The van der Waals surface area contributed by atoms with Crippen LogP contribution in [0, 0.1) is 0 Å². The number of methoxy groups -OCH3 is 1. The van der Waals surface area contributed by atoms with E-state index in [0.29, 0.717) is 20.7 Å². The topological polar surface area (TPSA) is 9.23 Å². The van der Waals surface area contributed by atoms with Gasteiger partial charge in [0.2, 0.25) is 0 Å². The van der Waals surface area contributed by atoms with Gasteiger partial charge in [0.25, 0.3) is 0 Å². The molecule has 0 aliphatic rings. The summed E-state index contributed by atoms with van der Waals surface area (Å²) in [6, 6.07) is 5.08. The summed E-state index contributed by atoms with van der Waals surface area (Å²) in [5.41, 5.74) is 0.693. The fourth-order valence-electron chi connectivity index (χ4n) is 0.765. The molecule has 0 heterocycles. The van der Waals surface area contributed by atoms with Gasteiger partial charge in [0.1, 0.15) is 0 Å². The summed E-state index contributed by atoms with van der Waals surface area (Å²) in [7, 11) is 1.51. The van der Waals surface area contributed by atoms with Crippen molar-refractivity contribution in [3.05, 3.63) is 33.8 Å².